The van der Waals surface area contributed by atoms with Crippen molar-refractivity contribution in [2.75, 3.05) is 13.6 Å². The van der Waals surface area contributed by atoms with E-state index in [0.717, 1.165) is 32.2 Å². The van der Waals surface area contributed by atoms with Crippen molar-refractivity contribution in [3.8, 4) is 0 Å². The van der Waals surface area contributed by atoms with Crippen LogP contribution in [-0.2, 0) is 9.53 Å². The van der Waals surface area contributed by atoms with E-state index in [2.05, 4.69) is 17.3 Å². The van der Waals surface area contributed by atoms with Gasteiger partial charge in [0.2, 0.25) is 0 Å². The van der Waals surface area contributed by atoms with Crippen LogP contribution >= 0.6 is 0 Å². The Balaban J connectivity index is 1.58. The summed E-state index contributed by atoms with van der Waals surface area (Å²) in [6, 6.07) is -0.627. The largest absolute Gasteiger partial charge is 0.480 e. The van der Waals surface area contributed by atoms with Crippen molar-refractivity contribution in [1.82, 2.24) is 10.2 Å². The monoisotopic (exact) mass is 380 g/mol. The molecule has 0 aromatic carbocycles. The van der Waals surface area contributed by atoms with Crippen molar-refractivity contribution in [3.05, 3.63) is 0 Å². The first-order valence-corrected chi connectivity index (χ1v) is 10.5. The molecule has 27 heavy (non-hydrogen) atoms. The zero-order valence-corrected chi connectivity index (χ0v) is 16.2. The van der Waals surface area contributed by atoms with Gasteiger partial charge in [-0.2, -0.15) is 0 Å². The normalized spacial score (nSPS) is 55.0. The molecule has 152 valence electrons. The van der Waals surface area contributed by atoms with Crippen molar-refractivity contribution < 1.29 is 24.9 Å². The van der Waals surface area contributed by atoms with Crippen LogP contribution in [0.3, 0.4) is 0 Å². The number of piperidine rings is 1. The van der Waals surface area contributed by atoms with Crippen molar-refractivity contribution >= 4 is 5.97 Å². The second-order valence-corrected chi connectivity index (χ2v) is 9.77. The molecule has 5 rings (SSSR count). The van der Waals surface area contributed by atoms with Crippen LogP contribution in [0.15, 0.2) is 0 Å². The molecule has 2 saturated heterocycles. The Morgan fingerprint density at radius 1 is 1.30 bits per heavy atom. The minimum absolute atomic E-state index is 0.100. The van der Waals surface area contributed by atoms with Crippen LogP contribution in [0.1, 0.15) is 45.4 Å². The molecule has 7 heteroatoms. The van der Waals surface area contributed by atoms with Crippen molar-refractivity contribution in [1.29, 1.82) is 0 Å². The molecule has 5 aliphatic rings. The molecule has 0 aromatic rings. The minimum Gasteiger partial charge on any atom is -0.480 e. The number of carbonyl (C=O) groups is 1. The Kier molecular flexibility index (Phi) is 3.99. The second kappa shape index (κ2) is 5.89. The average Bonchev–Trinajstić information content (AvgIpc) is 2.98. The molecule has 2 aliphatic heterocycles. The van der Waals surface area contributed by atoms with E-state index in [9.17, 15) is 20.1 Å². The fraction of sp³-hybridized carbons (Fsp3) is 0.950. The predicted molar refractivity (Wildman–Crippen MR) is 97.2 cm³/mol. The summed E-state index contributed by atoms with van der Waals surface area (Å²) < 4.78 is 6.55. The third-order valence-electron chi connectivity index (χ3n) is 8.81. The molecule has 10 atom stereocenters. The van der Waals surface area contributed by atoms with Crippen molar-refractivity contribution in [3.63, 3.8) is 0 Å². The van der Waals surface area contributed by atoms with Crippen LogP contribution in [0, 0.1) is 17.3 Å². The van der Waals surface area contributed by atoms with Gasteiger partial charge in [0, 0.05) is 23.4 Å². The quantitative estimate of drug-likeness (QED) is 0.554. The van der Waals surface area contributed by atoms with Gasteiger partial charge in [0.05, 0.1) is 23.9 Å². The maximum Gasteiger partial charge on any atom is 0.320 e. The molecule has 7 nitrogen and oxygen atoms in total. The Bertz CT molecular complexity index is 646. The third kappa shape index (κ3) is 2.18. The number of hydrogen-bond donors (Lipinski definition) is 4. The fourth-order valence-electron chi connectivity index (χ4n) is 7.73. The summed E-state index contributed by atoms with van der Waals surface area (Å²) in [5.41, 5.74) is -1.20. The topological polar surface area (TPSA) is 102 Å². The van der Waals surface area contributed by atoms with Crippen LogP contribution in [0.5, 0.6) is 0 Å². The average molecular weight is 380 g/mol. The Labute approximate surface area is 160 Å². The Hall–Kier alpha value is -0.730. The van der Waals surface area contributed by atoms with E-state index >= 15 is 0 Å². The van der Waals surface area contributed by atoms with E-state index in [4.69, 9.17) is 4.74 Å². The summed E-state index contributed by atoms with van der Waals surface area (Å²) in [6.45, 7) is 2.58. The summed E-state index contributed by atoms with van der Waals surface area (Å²) in [4.78, 5) is 13.7. The number of ether oxygens (including phenoxy) is 1. The maximum absolute atomic E-state index is 12.1. The lowest BCUT2D eigenvalue weighted by molar-refractivity contribution is -0.257. The number of likely N-dealkylation sites (tertiary alicyclic amines) is 1. The highest BCUT2D eigenvalue weighted by atomic mass is 16.5. The zero-order chi connectivity index (χ0) is 19.1. The first kappa shape index (κ1) is 18.3. The number of nitrogens with one attached hydrogen (secondary N) is 1. The first-order valence-electron chi connectivity index (χ1n) is 10.5. The lowest BCUT2D eigenvalue weighted by Gasteiger charge is -2.68. The van der Waals surface area contributed by atoms with Gasteiger partial charge in [0.15, 0.2) is 0 Å². The number of aliphatic carboxylic acids is 1. The van der Waals surface area contributed by atoms with Gasteiger partial charge in [-0.25, -0.2) is 0 Å². The summed E-state index contributed by atoms with van der Waals surface area (Å²) in [5, 5.41) is 35.4. The summed E-state index contributed by atoms with van der Waals surface area (Å²) in [6.07, 6.45) is 3.99. The number of carboxylic acid groups (broad SMARTS) is 1. The molecule has 3 saturated carbocycles. The number of likely N-dealkylation sites (N-methyl/N-ethyl adjacent to an activating group) is 1. The van der Waals surface area contributed by atoms with E-state index in [-0.39, 0.29) is 35.6 Å². The number of carboxylic acids is 1. The van der Waals surface area contributed by atoms with Gasteiger partial charge in [0.1, 0.15) is 6.04 Å². The van der Waals surface area contributed by atoms with E-state index in [0.29, 0.717) is 18.8 Å². The van der Waals surface area contributed by atoms with Gasteiger partial charge in [-0.05, 0) is 65.0 Å². The standard InChI is InChI=1S/C20H32N2O5/c1-10(18(24)25)21-12-5-6-20(26)14-9-11-3-4-13(23)16-15(11)19(20,17(12)27-16)7-8-22(14)2/h10-17,21,23,26H,3-9H2,1-2H3,(H,24,25)/t10-,11?,12-,13?,14?,15?,16?,17-,19-,20+/m0/s1. The van der Waals surface area contributed by atoms with E-state index in [1.54, 1.807) is 6.92 Å². The lowest BCUT2D eigenvalue weighted by atomic mass is 9.42. The van der Waals surface area contributed by atoms with E-state index in [1.807, 2.05) is 0 Å². The van der Waals surface area contributed by atoms with Crippen LogP contribution in [-0.4, -0.2) is 81.8 Å². The number of aliphatic hydroxyl groups excluding tert-OH is 1. The second-order valence-electron chi connectivity index (χ2n) is 9.77. The number of hydrogen-bond acceptors (Lipinski definition) is 6. The third-order valence-corrected chi connectivity index (χ3v) is 8.81. The highest BCUT2D eigenvalue weighted by Crippen LogP contribution is 2.69. The summed E-state index contributed by atoms with van der Waals surface area (Å²) >= 11 is 0. The molecule has 0 aromatic heterocycles. The highest BCUT2D eigenvalue weighted by Gasteiger charge is 2.77. The summed E-state index contributed by atoms with van der Waals surface area (Å²) in [5.74, 6) is -0.232. The molecule has 0 amide bonds. The van der Waals surface area contributed by atoms with Gasteiger partial charge < -0.3 is 25.0 Å². The first-order chi connectivity index (χ1) is 12.8. The van der Waals surface area contributed by atoms with Crippen LogP contribution in [0.25, 0.3) is 0 Å². The smallest absolute Gasteiger partial charge is 0.320 e. The predicted octanol–water partition coefficient (Wildman–Crippen LogP) is 0.191. The van der Waals surface area contributed by atoms with Crippen molar-refractivity contribution in [2.24, 2.45) is 17.3 Å². The molecule has 3 aliphatic carbocycles. The number of aliphatic hydroxyl groups is 2. The zero-order valence-electron chi connectivity index (χ0n) is 16.2. The molecule has 5 fully saturated rings. The van der Waals surface area contributed by atoms with E-state index in [1.165, 1.54) is 0 Å². The van der Waals surface area contributed by atoms with Gasteiger partial charge in [0.25, 0.3) is 0 Å². The molecule has 0 radical (unpaired) electrons. The number of rotatable bonds is 3. The molecule has 2 heterocycles. The molecule has 1 spiro atoms. The van der Waals surface area contributed by atoms with Gasteiger partial charge in [-0.3, -0.25) is 10.1 Å². The Morgan fingerprint density at radius 3 is 2.81 bits per heavy atom. The van der Waals surface area contributed by atoms with Crippen LogP contribution in [0.2, 0.25) is 0 Å². The van der Waals surface area contributed by atoms with Gasteiger partial charge >= 0.3 is 5.97 Å². The van der Waals surface area contributed by atoms with Crippen molar-refractivity contribution in [2.45, 2.75) is 87.5 Å². The highest BCUT2D eigenvalue weighted by molar-refractivity contribution is 5.72. The molecular formula is C20H32N2O5. The van der Waals surface area contributed by atoms with Crippen LogP contribution < -0.4 is 5.32 Å². The van der Waals surface area contributed by atoms with E-state index < -0.39 is 23.7 Å². The lowest BCUT2D eigenvalue weighted by Crippen LogP contribution is -2.78. The molecule has 2 bridgehead atoms. The molecule has 4 N–H and O–H groups in total. The number of nitrogens with zero attached hydrogens (tertiary/aromatic N) is 1. The Morgan fingerprint density at radius 2 is 2.07 bits per heavy atom. The van der Waals surface area contributed by atoms with Crippen LogP contribution in [0.4, 0.5) is 0 Å². The molecule has 5 unspecified atom stereocenters. The molecular weight excluding hydrogens is 348 g/mol. The maximum atomic E-state index is 12.1. The fourth-order valence-corrected chi connectivity index (χ4v) is 7.73. The van der Waals surface area contributed by atoms with Gasteiger partial charge in [-0.1, -0.05) is 0 Å². The minimum atomic E-state index is -0.869. The summed E-state index contributed by atoms with van der Waals surface area (Å²) in [7, 11) is 2.12. The van der Waals surface area contributed by atoms with Gasteiger partial charge in [-0.15, -0.1) is 0 Å². The SMILES string of the molecule is C[C@H](N[C@H]1CC[C@@]2(O)C3CC4CCC(O)C5O[C@@H]1[C@]2(CCN3C)C45)C(=O)O.